The van der Waals surface area contributed by atoms with Crippen LogP contribution in [0.1, 0.15) is 30.8 Å². The van der Waals surface area contributed by atoms with Crippen molar-refractivity contribution in [2.24, 2.45) is 0 Å². The van der Waals surface area contributed by atoms with Gasteiger partial charge in [-0.25, -0.2) is 4.98 Å². The van der Waals surface area contributed by atoms with Gasteiger partial charge in [0.25, 0.3) is 0 Å². The lowest BCUT2D eigenvalue weighted by Gasteiger charge is -2.27. The minimum absolute atomic E-state index is 0.168. The van der Waals surface area contributed by atoms with E-state index in [1.165, 1.54) is 6.92 Å². The zero-order valence-electron chi connectivity index (χ0n) is 13.2. The zero-order valence-corrected chi connectivity index (χ0v) is 14.0. The molecule has 1 atom stereocenters. The highest BCUT2D eigenvalue weighted by Gasteiger charge is 2.44. The van der Waals surface area contributed by atoms with Crippen LogP contribution in [-0.4, -0.2) is 34.1 Å². The molecular weight excluding hydrogens is 332 g/mol. The van der Waals surface area contributed by atoms with Gasteiger partial charge in [0.15, 0.2) is 11.5 Å². The number of halogens is 1. The Bertz CT molecular complexity index is 830. The fourth-order valence-corrected chi connectivity index (χ4v) is 3.01. The summed E-state index contributed by atoms with van der Waals surface area (Å²) < 4.78 is 5.07. The third kappa shape index (κ3) is 2.90. The van der Waals surface area contributed by atoms with Crippen LogP contribution >= 0.6 is 11.6 Å². The van der Waals surface area contributed by atoms with Crippen molar-refractivity contribution >= 4 is 23.3 Å². The van der Waals surface area contributed by atoms with Crippen LogP contribution in [0, 0.1) is 18.3 Å². The van der Waals surface area contributed by atoms with Crippen molar-refractivity contribution in [1.29, 1.82) is 5.26 Å². The molecule has 0 spiro atoms. The second-order valence-corrected chi connectivity index (χ2v) is 6.09. The fraction of sp³-hybridized carbons (Fsp3) is 0.400. The minimum atomic E-state index is -0.752. The van der Waals surface area contributed by atoms with Gasteiger partial charge >= 0.3 is 0 Å². The van der Waals surface area contributed by atoms with Crippen LogP contribution in [0.15, 0.2) is 16.7 Å². The molecule has 0 aromatic carbocycles. The van der Waals surface area contributed by atoms with Crippen molar-refractivity contribution in [3.05, 3.63) is 34.6 Å². The average Bonchev–Trinajstić information content (AvgIpc) is 3.15. The van der Waals surface area contributed by atoms with E-state index in [1.54, 1.807) is 19.1 Å². The summed E-state index contributed by atoms with van der Waals surface area (Å²) in [6, 6.07) is 5.35. The van der Waals surface area contributed by atoms with Gasteiger partial charge in [-0.2, -0.15) is 10.2 Å². The Morgan fingerprint density at radius 2 is 2.29 bits per heavy atom. The number of anilines is 1. The summed E-state index contributed by atoms with van der Waals surface area (Å²) in [7, 11) is 0. The molecule has 2 aromatic rings. The summed E-state index contributed by atoms with van der Waals surface area (Å²) in [4.78, 5) is 22.2. The number of pyridine rings is 1. The van der Waals surface area contributed by atoms with Crippen LogP contribution < -0.4 is 10.2 Å². The van der Waals surface area contributed by atoms with E-state index in [0.717, 1.165) is 0 Å². The van der Waals surface area contributed by atoms with Crippen LogP contribution in [0.5, 0.6) is 0 Å². The SMILES string of the molecule is CC(=O)NC1(c2noc(C)n2)CCN(c2ccc(Cl)c(C#N)n2)C1. The quantitative estimate of drug-likeness (QED) is 0.897. The molecule has 0 saturated carbocycles. The lowest BCUT2D eigenvalue weighted by molar-refractivity contribution is -0.120. The molecule has 2 aromatic heterocycles. The van der Waals surface area contributed by atoms with Crippen molar-refractivity contribution in [3.8, 4) is 6.07 Å². The largest absolute Gasteiger partial charge is 0.354 e. The molecule has 1 fully saturated rings. The van der Waals surface area contributed by atoms with Gasteiger partial charge in [-0.3, -0.25) is 4.79 Å². The van der Waals surface area contributed by atoms with Crippen molar-refractivity contribution in [2.75, 3.05) is 18.0 Å². The maximum absolute atomic E-state index is 11.7. The molecule has 1 saturated heterocycles. The topological polar surface area (TPSA) is 108 Å². The number of carbonyl (C=O) groups is 1. The highest BCUT2D eigenvalue weighted by Crippen LogP contribution is 2.33. The van der Waals surface area contributed by atoms with E-state index in [0.29, 0.717) is 42.1 Å². The van der Waals surface area contributed by atoms with Gasteiger partial charge in [-0.15, -0.1) is 0 Å². The number of aromatic nitrogens is 3. The summed E-state index contributed by atoms with van der Waals surface area (Å²) in [5.41, 5.74) is -0.584. The molecule has 1 amide bonds. The lowest BCUT2D eigenvalue weighted by Crippen LogP contribution is -2.48. The summed E-state index contributed by atoms with van der Waals surface area (Å²) in [6.07, 6.45) is 0.595. The minimum Gasteiger partial charge on any atom is -0.354 e. The molecule has 9 heteroatoms. The fourth-order valence-electron chi connectivity index (χ4n) is 2.86. The molecule has 124 valence electrons. The number of nitrogens with zero attached hydrogens (tertiary/aromatic N) is 5. The van der Waals surface area contributed by atoms with Crippen molar-refractivity contribution in [1.82, 2.24) is 20.4 Å². The maximum atomic E-state index is 11.7. The van der Waals surface area contributed by atoms with E-state index in [-0.39, 0.29) is 11.6 Å². The third-order valence-electron chi connectivity index (χ3n) is 3.90. The molecule has 0 radical (unpaired) electrons. The van der Waals surface area contributed by atoms with Crippen LogP contribution in [-0.2, 0) is 10.3 Å². The molecule has 1 aliphatic rings. The molecule has 8 nitrogen and oxygen atoms in total. The molecule has 0 aliphatic carbocycles. The standard InChI is InChI=1S/C15H15ClN6O2/c1-9(23)20-15(14-18-10(2)24-21-14)5-6-22(8-15)13-4-3-11(16)12(7-17)19-13/h3-4H,5-6,8H2,1-2H3,(H,20,23). The summed E-state index contributed by atoms with van der Waals surface area (Å²) in [5, 5.41) is 16.3. The number of nitrogens with one attached hydrogen (secondary N) is 1. The van der Waals surface area contributed by atoms with Crippen LogP contribution in [0.2, 0.25) is 5.02 Å². The number of hydrogen-bond donors (Lipinski definition) is 1. The molecule has 3 rings (SSSR count). The maximum Gasteiger partial charge on any atom is 0.223 e. The highest BCUT2D eigenvalue weighted by atomic mass is 35.5. The van der Waals surface area contributed by atoms with E-state index in [9.17, 15) is 4.79 Å². The number of carbonyl (C=O) groups excluding carboxylic acids is 1. The van der Waals surface area contributed by atoms with Gasteiger partial charge in [-0.1, -0.05) is 16.8 Å². The first-order chi connectivity index (χ1) is 11.4. The van der Waals surface area contributed by atoms with E-state index < -0.39 is 5.54 Å². The first kappa shape index (κ1) is 16.2. The van der Waals surface area contributed by atoms with Gasteiger partial charge in [-0.05, 0) is 18.6 Å². The van der Waals surface area contributed by atoms with Crippen molar-refractivity contribution in [2.45, 2.75) is 25.8 Å². The Morgan fingerprint density at radius 3 is 2.92 bits per heavy atom. The van der Waals surface area contributed by atoms with E-state index in [4.69, 9.17) is 21.4 Å². The van der Waals surface area contributed by atoms with Crippen molar-refractivity contribution < 1.29 is 9.32 Å². The Labute approximate surface area is 143 Å². The van der Waals surface area contributed by atoms with E-state index in [2.05, 4.69) is 20.4 Å². The second kappa shape index (κ2) is 6.09. The van der Waals surface area contributed by atoms with Gasteiger partial charge in [0, 0.05) is 26.9 Å². The Balaban J connectivity index is 1.93. The zero-order chi connectivity index (χ0) is 17.3. The number of hydrogen-bond acceptors (Lipinski definition) is 7. The van der Waals surface area contributed by atoms with Crippen LogP contribution in [0.25, 0.3) is 0 Å². The van der Waals surface area contributed by atoms with Crippen LogP contribution in [0.4, 0.5) is 5.82 Å². The van der Waals surface area contributed by atoms with Gasteiger partial charge in [0.1, 0.15) is 17.4 Å². The van der Waals surface area contributed by atoms with Gasteiger partial charge in [0.2, 0.25) is 11.8 Å². The predicted octanol–water partition coefficient (Wildman–Crippen LogP) is 1.54. The lowest BCUT2D eigenvalue weighted by atomic mass is 9.97. The molecule has 3 heterocycles. The van der Waals surface area contributed by atoms with E-state index >= 15 is 0 Å². The average molecular weight is 347 g/mol. The number of rotatable bonds is 3. The molecule has 1 N–H and O–H groups in total. The Hall–Kier alpha value is -2.66. The normalized spacial score (nSPS) is 20.0. The van der Waals surface area contributed by atoms with Crippen LogP contribution in [0.3, 0.4) is 0 Å². The number of nitriles is 1. The van der Waals surface area contributed by atoms with E-state index in [1.807, 2.05) is 11.0 Å². The van der Waals surface area contributed by atoms with Gasteiger partial charge < -0.3 is 14.7 Å². The highest BCUT2D eigenvalue weighted by molar-refractivity contribution is 6.31. The molecular formula is C15H15ClN6O2. The first-order valence-corrected chi connectivity index (χ1v) is 7.72. The number of aryl methyl sites for hydroxylation is 1. The van der Waals surface area contributed by atoms with Gasteiger partial charge in [0.05, 0.1) is 5.02 Å². The summed E-state index contributed by atoms with van der Waals surface area (Å²) >= 11 is 5.93. The number of amides is 1. The molecule has 0 bridgehead atoms. The predicted molar refractivity (Wildman–Crippen MR) is 85.3 cm³/mol. The molecule has 1 unspecified atom stereocenters. The molecule has 1 aliphatic heterocycles. The third-order valence-corrected chi connectivity index (χ3v) is 4.21. The Morgan fingerprint density at radius 1 is 1.50 bits per heavy atom. The molecule has 24 heavy (non-hydrogen) atoms. The van der Waals surface area contributed by atoms with Crippen molar-refractivity contribution in [3.63, 3.8) is 0 Å². The first-order valence-electron chi connectivity index (χ1n) is 7.35. The Kier molecular flexibility index (Phi) is 4.11. The summed E-state index contributed by atoms with van der Waals surface area (Å²) in [6.45, 7) is 4.19. The second-order valence-electron chi connectivity index (χ2n) is 5.68. The monoisotopic (exact) mass is 346 g/mol. The smallest absolute Gasteiger partial charge is 0.223 e. The summed E-state index contributed by atoms with van der Waals surface area (Å²) in [5.74, 6) is 1.31.